The monoisotopic (exact) mass is 250 g/mol. The van der Waals surface area contributed by atoms with E-state index in [1.165, 1.54) is 16.0 Å². The molecular formula is C12H14N2S2. The van der Waals surface area contributed by atoms with Crippen LogP contribution in [0.2, 0.25) is 0 Å². The van der Waals surface area contributed by atoms with E-state index in [1.54, 1.807) is 23.5 Å². The molecule has 16 heavy (non-hydrogen) atoms. The van der Waals surface area contributed by atoms with Crippen molar-refractivity contribution < 1.29 is 0 Å². The molecule has 1 aromatic heterocycles. The molecule has 0 unspecified atom stereocenters. The van der Waals surface area contributed by atoms with E-state index in [-0.39, 0.29) is 0 Å². The largest absolute Gasteiger partial charge is 0.276 e. The lowest BCUT2D eigenvalue weighted by Crippen LogP contribution is -1.81. The number of benzene rings is 1. The molecule has 1 N–H and O–H groups in total. The van der Waals surface area contributed by atoms with Crippen LogP contribution in [0.1, 0.15) is 5.56 Å². The molecule has 2 aromatic rings. The molecule has 0 aliphatic heterocycles. The van der Waals surface area contributed by atoms with Gasteiger partial charge in [0.15, 0.2) is 0 Å². The van der Waals surface area contributed by atoms with Gasteiger partial charge in [-0.05, 0) is 19.4 Å². The second-order valence-corrected chi connectivity index (χ2v) is 5.12. The average Bonchev–Trinajstić information content (AvgIpc) is 2.72. The first kappa shape index (κ1) is 11.6. The van der Waals surface area contributed by atoms with Crippen LogP contribution in [0.3, 0.4) is 0 Å². The van der Waals surface area contributed by atoms with Crippen molar-refractivity contribution in [1.29, 1.82) is 0 Å². The van der Waals surface area contributed by atoms with Crippen LogP contribution in [-0.2, 0) is 0 Å². The van der Waals surface area contributed by atoms with Crippen molar-refractivity contribution in [1.82, 2.24) is 10.2 Å². The Bertz CT molecular complexity index is 474. The Morgan fingerprint density at radius 2 is 1.75 bits per heavy atom. The second kappa shape index (κ2) is 4.97. The fraction of sp³-hybridized carbons (Fsp3) is 0.250. The molecular weight excluding hydrogens is 236 g/mol. The second-order valence-electron chi connectivity index (χ2n) is 3.51. The Labute approximate surface area is 104 Å². The van der Waals surface area contributed by atoms with Crippen LogP contribution in [0.25, 0.3) is 11.3 Å². The fourth-order valence-corrected chi connectivity index (χ4v) is 3.07. The summed E-state index contributed by atoms with van der Waals surface area (Å²) in [6, 6.07) is 8.51. The Morgan fingerprint density at radius 1 is 1.06 bits per heavy atom. The molecule has 0 fully saturated rings. The van der Waals surface area contributed by atoms with Crippen molar-refractivity contribution >= 4 is 23.5 Å². The van der Waals surface area contributed by atoms with Crippen molar-refractivity contribution in [3.63, 3.8) is 0 Å². The maximum atomic E-state index is 4.32. The SMILES string of the molecule is CSc1n[nH]c(-c2ccc(C)cc2)c1SC. The zero-order valence-electron chi connectivity index (χ0n) is 9.57. The summed E-state index contributed by atoms with van der Waals surface area (Å²) >= 11 is 3.41. The molecule has 0 atom stereocenters. The molecule has 2 rings (SSSR count). The fourth-order valence-electron chi connectivity index (χ4n) is 1.56. The third kappa shape index (κ3) is 2.13. The molecule has 1 heterocycles. The van der Waals surface area contributed by atoms with E-state index in [0.717, 1.165) is 10.7 Å². The molecule has 0 amide bonds. The number of nitrogens with one attached hydrogen (secondary N) is 1. The number of rotatable bonds is 3. The summed E-state index contributed by atoms with van der Waals surface area (Å²) in [4.78, 5) is 1.23. The molecule has 0 saturated heterocycles. The minimum atomic E-state index is 1.07. The van der Waals surface area contributed by atoms with Crippen molar-refractivity contribution in [2.24, 2.45) is 0 Å². The number of hydrogen-bond acceptors (Lipinski definition) is 3. The van der Waals surface area contributed by atoms with E-state index in [0.29, 0.717) is 0 Å². The van der Waals surface area contributed by atoms with Crippen LogP contribution >= 0.6 is 23.5 Å². The van der Waals surface area contributed by atoms with Gasteiger partial charge in [0.05, 0.1) is 10.6 Å². The number of H-pyrrole nitrogens is 1. The number of hydrogen-bond donors (Lipinski definition) is 1. The molecule has 84 valence electrons. The summed E-state index contributed by atoms with van der Waals surface area (Å²) in [6.07, 6.45) is 4.14. The third-order valence-corrected chi connectivity index (χ3v) is 4.05. The zero-order chi connectivity index (χ0) is 11.5. The highest BCUT2D eigenvalue weighted by molar-refractivity contribution is 8.01. The lowest BCUT2D eigenvalue weighted by Gasteiger charge is -2.02. The van der Waals surface area contributed by atoms with Gasteiger partial charge >= 0.3 is 0 Å². The third-order valence-electron chi connectivity index (χ3n) is 2.43. The lowest BCUT2D eigenvalue weighted by atomic mass is 10.1. The highest BCUT2D eigenvalue weighted by Crippen LogP contribution is 2.35. The molecule has 0 radical (unpaired) electrons. The van der Waals surface area contributed by atoms with Crippen LogP contribution < -0.4 is 0 Å². The molecule has 0 aliphatic rings. The molecule has 4 heteroatoms. The van der Waals surface area contributed by atoms with E-state index < -0.39 is 0 Å². The summed E-state index contributed by atoms with van der Waals surface area (Å²) in [5.41, 5.74) is 3.60. The quantitative estimate of drug-likeness (QED) is 0.839. The van der Waals surface area contributed by atoms with E-state index in [4.69, 9.17) is 0 Å². The molecule has 0 saturated carbocycles. The highest BCUT2D eigenvalue weighted by atomic mass is 32.2. The van der Waals surface area contributed by atoms with Crippen molar-refractivity contribution in [3.8, 4) is 11.3 Å². The predicted molar refractivity (Wildman–Crippen MR) is 72.3 cm³/mol. The predicted octanol–water partition coefficient (Wildman–Crippen LogP) is 3.83. The topological polar surface area (TPSA) is 28.7 Å². The van der Waals surface area contributed by atoms with Gasteiger partial charge in [-0.25, -0.2) is 0 Å². The van der Waals surface area contributed by atoms with Gasteiger partial charge in [0.25, 0.3) is 0 Å². The van der Waals surface area contributed by atoms with Crippen LogP contribution in [0, 0.1) is 6.92 Å². The van der Waals surface area contributed by atoms with Gasteiger partial charge in [0.1, 0.15) is 5.03 Å². The maximum Gasteiger partial charge on any atom is 0.132 e. The summed E-state index contributed by atoms with van der Waals surface area (Å²) in [6.45, 7) is 2.10. The average molecular weight is 250 g/mol. The van der Waals surface area contributed by atoms with Crippen LogP contribution in [0.15, 0.2) is 34.2 Å². The Balaban J connectivity index is 2.47. The van der Waals surface area contributed by atoms with Crippen LogP contribution in [0.5, 0.6) is 0 Å². The molecule has 1 aromatic carbocycles. The molecule has 2 nitrogen and oxygen atoms in total. The van der Waals surface area contributed by atoms with Gasteiger partial charge < -0.3 is 0 Å². The minimum Gasteiger partial charge on any atom is -0.276 e. The van der Waals surface area contributed by atoms with E-state index in [1.807, 2.05) is 0 Å². The summed E-state index contributed by atoms with van der Waals surface area (Å²) in [7, 11) is 0. The van der Waals surface area contributed by atoms with Crippen molar-refractivity contribution in [3.05, 3.63) is 29.8 Å². The Kier molecular flexibility index (Phi) is 3.61. The smallest absolute Gasteiger partial charge is 0.132 e. The van der Waals surface area contributed by atoms with E-state index >= 15 is 0 Å². The van der Waals surface area contributed by atoms with Gasteiger partial charge in [0, 0.05) is 5.56 Å². The zero-order valence-corrected chi connectivity index (χ0v) is 11.2. The van der Waals surface area contributed by atoms with E-state index in [9.17, 15) is 0 Å². The van der Waals surface area contributed by atoms with Crippen LogP contribution in [-0.4, -0.2) is 22.7 Å². The van der Waals surface area contributed by atoms with Gasteiger partial charge in [0.2, 0.25) is 0 Å². The lowest BCUT2D eigenvalue weighted by molar-refractivity contribution is 0.994. The number of thioether (sulfide) groups is 2. The number of aromatic amines is 1. The van der Waals surface area contributed by atoms with Gasteiger partial charge in [-0.15, -0.1) is 23.5 Å². The van der Waals surface area contributed by atoms with Gasteiger partial charge in [-0.1, -0.05) is 29.8 Å². The van der Waals surface area contributed by atoms with Crippen molar-refractivity contribution in [2.75, 3.05) is 12.5 Å². The van der Waals surface area contributed by atoms with E-state index in [2.05, 4.69) is 53.9 Å². The standard InChI is InChI=1S/C12H14N2S2/c1-8-4-6-9(7-5-8)10-11(15-2)12(16-3)14-13-10/h4-7H,1-3H3,(H,13,14). The summed E-state index contributed by atoms with van der Waals surface area (Å²) < 4.78 is 0. The maximum absolute atomic E-state index is 4.32. The Hall–Kier alpha value is -0.870. The Morgan fingerprint density at radius 3 is 2.31 bits per heavy atom. The number of aryl methyl sites for hydroxylation is 1. The van der Waals surface area contributed by atoms with Crippen molar-refractivity contribution in [2.45, 2.75) is 16.8 Å². The first-order chi connectivity index (χ1) is 7.76. The minimum absolute atomic E-state index is 1.07. The highest BCUT2D eigenvalue weighted by Gasteiger charge is 2.12. The summed E-state index contributed by atoms with van der Waals surface area (Å²) in [5, 5.41) is 8.51. The molecule has 0 spiro atoms. The molecule has 0 bridgehead atoms. The molecule has 0 aliphatic carbocycles. The first-order valence-corrected chi connectivity index (χ1v) is 7.44. The summed E-state index contributed by atoms with van der Waals surface area (Å²) in [5.74, 6) is 0. The first-order valence-electron chi connectivity index (χ1n) is 4.99. The normalized spacial score (nSPS) is 10.7. The van der Waals surface area contributed by atoms with Gasteiger partial charge in [-0.2, -0.15) is 5.10 Å². The number of nitrogens with zero attached hydrogens (tertiary/aromatic N) is 1. The van der Waals surface area contributed by atoms with Crippen LogP contribution in [0.4, 0.5) is 0 Å². The number of aromatic nitrogens is 2. The van der Waals surface area contributed by atoms with Gasteiger partial charge in [-0.3, -0.25) is 5.10 Å².